The van der Waals surface area contributed by atoms with Crippen LogP contribution < -0.4 is 4.90 Å². The summed E-state index contributed by atoms with van der Waals surface area (Å²) in [5.74, 6) is -0.666. The number of hydrogen-bond donors (Lipinski definition) is 0. The number of hydrogen-bond acceptors (Lipinski definition) is 5. The van der Waals surface area contributed by atoms with Gasteiger partial charge in [-0.05, 0) is 49.1 Å². The van der Waals surface area contributed by atoms with Gasteiger partial charge < -0.3 is 14.4 Å². The quantitative estimate of drug-likeness (QED) is 0.743. The van der Waals surface area contributed by atoms with E-state index >= 15 is 0 Å². The monoisotopic (exact) mass is 371 g/mol. The van der Waals surface area contributed by atoms with Crippen LogP contribution in [0.15, 0.2) is 24.3 Å². The van der Waals surface area contributed by atoms with E-state index in [-0.39, 0.29) is 36.2 Å². The first-order valence-corrected chi connectivity index (χ1v) is 9.71. The van der Waals surface area contributed by atoms with Gasteiger partial charge in [0.05, 0.1) is 6.61 Å². The number of ether oxygens (including phenoxy) is 2. The topological polar surface area (TPSA) is 72.9 Å². The van der Waals surface area contributed by atoms with Crippen molar-refractivity contribution >= 4 is 23.3 Å². The van der Waals surface area contributed by atoms with Gasteiger partial charge in [-0.15, -0.1) is 0 Å². The molecular formula is C21H25NO5. The maximum absolute atomic E-state index is 12.4. The van der Waals surface area contributed by atoms with Crippen molar-refractivity contribution in [2.24, 2.45) is 11.3 Å². The lowest BCUT2D eigenvalue weighted by Gasteiger charge is -2.43. The summed E-state index contributed by atoms with van der Waals surface area (Å²) < 4.78 is 10.6. The van der Waals surface area contributed by atoms with E-state index in [1.165, 1.54) is 4.90 Å². The van der Waals surface area contributed by atoms with Crippen LogP contribution in [-0.4, -0.2) is 44.0 Å². The maximum atomic E-state index is 12.4. The minimum absolute atomic E-state index is 0.0246. The summed E-state index contributed by atoms with van der Waals surface area (Å²) in [6.45, 7) is 1.17. The Kier molecular flexibility index (Phi) is 5.00. The molecule has 1 saturated carbocycles. The number of ketones is 1. The second-order valence-electron chi connectivity index (χ2n) is 8.00. The van der Waals surface area contributed by atoms with Crippen LogP contribution in [0.3, 0.4) is 0 Å². The molecule has 4 rings (SSSR count). The van der Waals surface area contributed by atoms with Crippen LogP contribution in [-0.2, 0) is 30.3 Å². The van der Waals surface area contributed by atoms with Gasteiger partial charge in [-0.3, -0.25) is 14.4 Å². The molecule has 1 amide bonds. The van der Waals surface area contributed by atoms with E-state index in [2.05, 4.69) is 0 Å². The predicted octanol–water partition coefficient (Wildman–Crippen LogP) is 2.28. The van der Waals surface area contributed by atoms with E-state index in [4.69, 9.17) is 9.47 Å². The smallest absolute Gasteiger partial charge is 0.326 e. The second-order valence-corrected chi connectivity index (χ2v) is 8.00. The highest BCUT2D eigenvalue weighted by Gasteiger charge is 2.49. The van der Waals surface area contributed by atoms with E-state index < -0.39 is 5.97 Å². The van der Waals surface area contributed by atoms with Crippen molar-refractivity contribution in [3.63, 3.8) is 0 Å². The Labute approximate surface area is 158 Å². The summed E-state index contributed by atoms with van der Waals surface area (Å²) in [5, 5.41) is 0. The average Bonchev–Trinajstić information content (AvgIpc) is 3.08. The Morgan fingerprint density at radius 1 is 1.22 bits per heavy atom. The minimum Gasteiger partial charge on any atom is -0.456 e. The fraction of sp³-hybridized carbons (Fsp3) is 0.571. The predicted molar refractivity (Wildman–Crippen MR) is 98.3 cm³/mol. The molecule has 144 valence electrons. The van der Waals surface area contributed by atoms with Gasteiger partial charge in [0.15, 0.2) is 5.78 Å². The first-order chi connectivity index (χ1) is 13.1. The van der Waals surface area contributed by atoms with Crippen LogP contribution in [0, 0.1) is 11.3 Å². The van der Waals surface area contributed by atoms with Crippen LogP contribution >= 0.6 is 0 Å². The van der Waals surface area contributed by atoms with E-state index in [1.54, 1.807) is 0 Å². The van der Waals surface area contributed by atoms with Crippen LogP contribution in [0.5, 0.6) is 0 Å². The molecule has 1 spiro atoms. The van der Waals surface area contributed by atoms with E-state index in [9.17, 15) is 14.4 Å². The van der Waals surface area contributed by atoms with Crippen LogP contribution in [0.2, 0.25) is 0 Å². The molecule has 2 aliphatic heterocycles. The number of Topliss-reactive ketones (excluding diaryl/α,β-unsaturated/α-hetero) is 1. The SMILES string of the molecule is O=C(CN1C(=O)CCCc2ccccc21)OCC(=O)C1CC2(CCOC2)C1. The van der Waals surface area contributed by atoms with Gasteiger partial charge >= 0.3 is 5.97 Å². The number of esters is 1. The summed E-state index contributed by atoms with van der Waals surface area (Å²) in [4.78, 5) is 38.4. The van der Waals surface area contributed by atoms with Crippen molar-refractivity contribution in [3.05, 3.63) is 29.8 Å². The summed E-state index contributed by atoms with van der Waals surface area (Å²) in [7, 11) is 0. The van der Waals surface area contributed by atoms with Gasteiger partial charge in [-0.1, -0.05) is 18.2 Å². The average molecular weight is 371 g/mol. The van der Waals surface area contributed by atoms with Gasteiger partial charge in [0.1, 0.15) is 13.2 Å². The first-order valence-electron chi connectivity index (χ1n) is 9.71. The van der Waals surface area contributed by atoms with Crippen molar-refractivity contribution in [1.82, 2.24) is 0 Å². The number of nitrogens with zero attached hydrogens (tertiary/aromatic N) is 1. The number of carbonyl (C=O) groups excluding carboxylic acids is 3. The van der Waals surface area contributed by atoms with Crippen LogP contribution in [0.4, 0.5) is 5.69 Å². The summed E-state index contributed by atoms with van der Waals surface area (Å²) in [6.07, 6.45) is 4.69. The van der Waals surface area contributed by atoms with E-state index in [0.717, 1.165) is 56.6 Å². The highest BCUT2D eigenvalue weighted by atomic mass is 16.5. The Balaban J connectivity index is 1.30. The molecule has 2 heterocycles. The number of anilines is 1. The molecular weight excluding hydrogens is 346 g/mol. The zero-order valence-electron chi connectivity index (χ0n) is 15.4. The third-order valence-corrected chi connectivity index (χ3v) is 6.08. The molecule has 3 aliphatic rings. The summed E-state index contributed by atoms with van der Waals surface area (Å²) in [5.41, 5.74) is 2.02. The number of rotatable bonds is 5. The molecule has 1 saturated heterocycles. The minimum atomic E-state index is -0.536. The Morgan fingerprint density at radius 3 is 2.81 bits per heavy atom. The number of para-hydroxylation sites is 1. The van der Waals surface area contributed by atoms with Gasteiger partial charge in [0.2, 0.25) is 5.91 Å². The van der Waals surface area contributed by atoms with Gasteiger partial charge in [0.25, 0.3) is 0 Å². The molecule has 2 fully saturated rings. The van der Waals surface area contributed by atoms with Crippen molar-refractivity contribution < 1.29 is 23.9 Å². The molecule has 0 N–H and O–H groups in total. The molecule has 6 heteroatoms. The Morgan fingerprint density at radius 2 is 2.04 bits per heavy atom. The molecule has 27 heavy (non-hydrogen) atoms. The number of benzene rings is 1. The van der Waals surface area contributed by atoms with Gasteiger partial charge in [0, 0.05) is 24.6 Å². The molecule has 1 aromatic rings. The molecule has 0 radical (unpaired) electrons. The molecule has 0 unspecified atom stereocenters. The zero-order chi connectivity index (χ0) is 18.9. The van der Waals surface area contributed by atoms with Crippen LogP contribution in [0.1, 0.15) is 37.7 Å². The lowest BCUT2D eigenvalue weighted by atomic mass is 9.60. The van der Waals surface area contributed by atoms with E-state index in [1.807, 2.05) is 24.3 Å². The number of aryl methyl sites for hydroxylation is 1. The fourth-order valence-corrected chi connectivity index (χ4v) is 4.49. The maximum Gasteiger partial charge on any atom is 0.326 e. The largest absolute Gasteiger partial charge is 0.456 e. The third kappa shape index (κ3) is 3.76. The molecule has 1 aromatic carbocycles. The molecule has 0 aromatic heterocycles. The van der Waals surface area contributed by atoms with E-state index in [0.29, 0.717) is 6.42 Å². The highest BCUT2D eigenvalue weighted by molar-refractivity contribution is 5.99. The standard InChI is InChI=1S/C21H25NO5/c23-18(16-10-21(11-16)8-9-26-14-21)13-27-20(25)12-22-17-6-2-1-4-15(17)5-3-7-19(22)24/h1-2,4,6,16H,3,5,7-14H2. The summed E-state index contributed by atoms with van der Waals surface area (Å²) in [6, 6.07) is 7.63. The second kappa shape index (κ2) is 7.43. The van der Waals surface area contributed by atoms with Crippen molar-refractivity contribution in [2.45, 2.75) is 38.5 Å². The normalized spacial score (nSPS) is 27.0. The Bertz CT molecular complexity index is 745. The first kappa shape index (κ1) is 18.2. The molecule has 6 nitrogen and oxygen atoms in total. The Hall–Kier alpha value is -2.21. The van der Waals surface area contributed by atoms with Crippen molar-refractivity contribution in [3.8, 4) is 0 Å². The number of carbonyl (C=O) groups is 3. The van der Waals surface area contributed by atoms with Gasteiger partial charge in [-0.25, -0.2) is 0 Å². The molecule has 0 atom stereocenters. The van der Waals surface area contributed by atoms with Crippen molar-refractivity contribution in [1.29, 1.82) is 0 Å². The molecule has 1 aliphatic carbocycles. The van der Waals surface area contributed by atoms with Crippen molar-refractivity contribution in [2.75, 3.05) is 31.3 Å². The molecule has 0 bridgehead atoms. The lowest BCUT2D eigenvalue weighted by molar-refractivity contribution is -0.150. The zero-order valence-corrected chi connectivity index (χ0v) is 15.4. The third-order valence-electron chi connectivity index (χ3n) is 6.08. The number of amides is 1. The lowest BCUT2D eigenvalue weighted by Crippen LogP contribution is -2.43. The van der Waals surface area contributed by atoms with Crippen LogP contribution in [0.25, 0.3) is 0 Å². The van der Waals surface area contributed by atoms with Gasteiger partial charge in [-0.2, -0.15) is 0 Å². The number of fused-ring (bicyclic) bond motifs is 1. The summed E-state index contributed by atoms with van der Waals surface area (Å²) >= 11 is 0. The fourth-order valence-electron chi connectivity index (χ4n) is 4.49. The highest BCUT2D eigenvalue weighted by Crippen LogP contribution is 2.51.